The molecule has 1 fully saturated rings. The second-order valence-electron chi connectivity index (χ2n) is 9.13. The minimum atomic E-state index is -0.262. The molecule has 0 saturated carbocycles. The number of hydrogen-bond acceptors (Lipinski definition) is 6. The number of nitrogens with zero attached hydrogens (tertiary/aromatic N) is 2. The summed E-state index contributed by atoms with van der Waals surface area (Å²) in [5.74, 6) is 1.30. The van der Waals surface area contributed by atoms with Crippen LogP contribution in [0.4, 0.5) is 5.69 Å². The molecule has 0 radical (unpaired) electrons. The number of ether oxygens (including phenoxy) is 2. The van der Waals surface area contributed by atoms with Gasteiger partial charge in [-0.15, -0.1) is 0 Å². The summed E-state index contributed by atoms with van der Waals surface area (Å²) in [5.41, 5.74) is 2.96. The second kappa shape index (κ2) is 9.89. The van der Waals surface area contributed by atoms with Crippen molar-refractivity contribution in [3.63, 3.8) is 0 Å². The van der Waals surface area contributed by atoms with Crippen molar-refractivity contribution in [2.45, 2.75) is 33.2 Å². The molecule has 0 aliphatic carbocycles. The predicted octanol–water partition coefficient (Wildman–Crippen LogP) is 4.32. The van der Waals surface area contributed by atoms with Gasteiger partial charge in [-0.1, -0.05) is 12.1 Å². The van der Waals surface area contributed by atoms with Gasteiger partial charge in [0.2, 0.25) is 0 Å². The summed E-state index contributed by atoms with van der Waals surface area (Å²) in [7, 11) is 0. The maximum absolute atomic E-state index is 12.9. The highest BCUT2D eigenvalue weighted by atomic mass is 16.5. The molecular weight excluding hydrogens is 460 g/mol. The monoisotopic (exact) mass is 488 g/mol. The van der Waals surface area contributed by atoms with Crippen molar-refractivity contribution in [1.82, 2.24) is 4.90 Å². The largest absolute Gasteiger partial charge is 0.485 e. The summed E-state index contributed by atoms with van der Waals surface area (Å²) < 4.78 is 17.2. The number of likely N-dealkylation sites (tertiary alicyclic amines) is 1. The molecule has 2 aliphatic rings. The number of ketones is 1. The predicted molar refractivity (Wildman–Crippen MR) is 133 cm³/mol. The van der Waals surface area contributed by atoms with Crippen LogP contribution in [0, 0.1) is 13.8 Å². The lowest BCUT2D eigenvalue weighted by atomic mass is 10.1. The van der Waals surface area contributed by atoms with Crippen LogP contribution in [-0.4, -0.2) is 48.8 Å². The Labute approximate surface area is 209 Å². The Hall–Kier alpha value is -4.07. The van der Waals surface area contributed by atoms with E-state index in [1.807, 2.05) is 32.0 Å². The number of Topliss-reactive ketones (excluding diaryl/α,β-unsaturated/α-hetero) is 1. The van der Waals surface area contributed by atoms with Crippen molar-refractivity contribution < 1.29 is 28.3 Å². The van der Waals surface area contributed by atoms with Crippen LogP contribution in [0.1, 0.15) is 50.6 Å². The number of fused-ring (bicyclic) bond motifs is 1. The molecule has 8 heteroatoms. The zero-order valence-corrected chi connectivity index (χ0v) is 20.4. The van der Waals surface area contributed by atoms with E-state index in [0.29, 0.717) is 28.5 Å². The van der Waals surface area contributed by atoms with Crippen molar-refractivity contribution in [3.05, 3.63) is 76.7 Å². The Morgan fingerprint density at radius 1 is 1.03 bits per heavy atom. The van der Waals surface area contributed by atoms with Gasteiger partial charge >= 0.3 is 0 Å². The van der Waals surface area contributed by atoms with Gasteiger partial charge in [0.25, 0.3) is 11.8 Å². The first kappa shape index (κ1) is 23.7. The molecule has 2 aromatic carbocycles. The molecule has 3 heterocycles. The van der Waals surface area contributed by atoms with E-state index in [1.54, 1.807) is 35.2 Å². The number of benzene rings is 2. The number of anilines is 1. The molecule has 186 valence electrons. The molecule has 8 nitrogen and oxygen atoms in total. The van der Waals surface area contributed by atoms with E-state index in [4.69, 9.17) is 13.9 Å². The lowest BCUT2D eigenvalue weighted by molar-refractivity contribution is -0.121. The number of hydrogen-bond donors (Lipinski definition) is 0. The van der Waals surface area contributed by atoms with E-state index in [-0.39, 0.29) is 43.1 Å². The Balaban J connectivity index is 1.32. The van der Waals surface area contributed by atoms with Crippen molar-refractivity contribution in [1.29, 1.82) is 0 Å². The fourth-order valence-electron chi connectivity index (χ4n) is 4.47. The maximum Gasteiger partial charge on any atom is 0.289 e. The zero-order valence-electron chi connectivity index (χ0n) is 20.4. The van der Waals surface area contributed by atoms with E-state index < -0.39 is 0 Å². The summed E-state index contributed by atoms with van der Waals surface area (Å²) >= 11 is 0. The highest BCUT2D eigenvalue weighted by Crippen LogP contribution is 2.34. The molecule has 0 atom stereocenters. The van der Waals surface area contributed by atoms with Crippen LogP contribution >= 0.6 is 0 Å². The van der Waals surface area contributed by atoms with Gasteiger partial charge in [-0.2, -0.15) is 0 Å². The number of amides is 2. The molecule has 2 amide bonds. The molecule has 3 aromatic rings. The van der Waals surface area contributed by atoms with Gasteiger partial charge in [0.1, 0.15) is 17.3 Å². The third kappa shape index (κ3) is 4.71. The molecule has 0 N–H and O–H groups in total. The van der Waals surface area contributed by atoms with E-state index in [0.717, 1.165) is 37.1 Å². The summed E-state index contributed by atoms with van der Waals surface area (Å²) in [5, 5.41) is 0. The summed E-state index contributed by atoms with van der Waals surface area (Å²) in [6, 6.07) is 14.1. The van der Waals surface area contributed by atoms with E-state index in [1.165, 1.54) is 4.90 Å². The summed E-state index contributed by atoms with van der Waals surface area (Å²) in [4.78, 5) is 41.6. The fourth-order valence-corrected chi connectivity index (χ4v) is 4.47. The van der Waals surface area contributed by atoms with Crippen molar-refractivity contribution >= 4 is 23.3 Å². The Morgan fingerprint density at radius 2 is 1.83 bits per heavy atom. The van der Waals surface area contributed by atoms with Crippen LogP contribution in [-0.2, 0) is 11.3 Å². The quantitative estimate of drug-likeness (QED) is 0.460. The number of carbonyl (C=O) groups excluding carboxylic acids is 3. The molecule has 1 aromatic heterocycles. The van der Waals surface area contributed by atoms with Gasteiger partial charge in [-0.25, -0.2) is 0 Å². The third-order valence-corrected chi connectivity index (χ3v) is 6.72. The summed E-state index contributed by atoms with van der Waals surface area (Å²) in [6.07, 6.45) is 1.99. The van der Waals surface area contributed by atoms with Crippen LogP contribution < -0.4 is 14.4 Å². The maximum atomic E-state index is 12.9. The molecule has 0 spiro atoms. The van der Waals surface area contributed by atoms with Crippen molar-refractivity contribution in [3.8, 4) is 11.5 Å². The molecule has 0 bridgehead atoms. The van der Waals surface area contributed by atoms with Gasteiger partial charge in [0.15, 0.2) is 24.8 Å². The average molecular weight is 489 g/mol. The van der Waals surface area contributed by atoms with E-state index >= 15 is 0 Å². The smallest absolute Gasteiger partial charge is 0.289 e. The second-order valence-corrected chi connectivity index (χ2v) is 9.13. The van der Waals surface area contributed by atoms with Gasteiger partial charge in [0, 0.05) is 18.7 Å². The molecule has 2 aliphatic heterocycles. The number of carbonyl (C=O) groups is 3. The third-order valence-electron chi connectivity index (χ3n) is 6.72. The average Bonchev–Trinajstić information content (AvgIpc) is 3.58. The highest BCUT2D eigenvalue weighted by Gasteiger charge is 2.29. The normalized spacial score (nSPS) is 15.0. The Morgan fingerprint density at radius 3 is 2.64 bits per heavy atom. The summed E-state index contributed by atoms with van der Waals surface area (Å²) in [6.45, 7) is 5.28. The van der Waals surface area contributed by atoms with Crippen LogP contribution in [0.2, 0.25) is 0 Å². The number of rotatable bonds is 7. The first-order valence-electron chi connectivity index (χ1n) is 12.1. The SMILES string of the molecule is Cc1cccc(OCC(=O)c2ccc3c(c2)N(Cc2ccc(C(=O)N4CCCC4)o2)C(=O)CO3)c1C. The Kier molecular flexibility index (Phi) is 6.50. The molecule has 36 heavy (non-hydrogen) atoms. The minimum Gasteiger partial charge on any atom is -0.485 e. The van der Waals surface area contributed by atoms with Gasteiger partial charge < -0.3 is 18.8 Å². The van der Waals surface area contributed by atoms with Gasteiger partial charge in [0.05, 0.1) is 12.2 Å². The topological polar surface area (TPSA) is 89.3 Å². The standard InChI is InChI=1S/C28H28N2O6/c1-18-6-5-7-24(19(18)2)34-16-23(31)20-8-10-25-22(14-20)30(27(32)17-35-25)15-21-9-11-26(36-21)28(33)29-12-3-4-13-29/h5-11,14H,3-4,12-13,15-17H2,1-2H3. The van der Waals surface area contributed by atoms with Crippen molar-refractivity contribution in [2.75, 3.05) is 31.2 Å². The van der Waals surface area contributed by atoms with Crippen LogP contribution in [0.25, 0.3) is 0 Å². The first-order chi connectivity index (χ1) is 17.4. The van der Waals surface area contributed by atoms with Gasteiger partial charge in [-0.3, -0.25) is 19.3 Å². The van der Waals surface area contributed by atoms with Crippen LogP contribution in [0.5, 0.6) is 11.5 Å². The molecule has 5 rings (SSSR count). The fraction of sp³-hybridized carbons (Fsp3) is 0.321. The number of furan rings is 1. The van der Waals surface area contributed by atoms with Gasteiger partial charge in [-0.05, 0) is 74.2 Å². The minimum absolute atomic E-state index is 0.115. The van der Waals surface area contributed by atoms with E-state index in [9.17, 15) is 14.4 Å². The molecular formula is C28H28N2O6. The number of aryl methyl sites for hydroxylation is 1. The molecule has 1 saturated heterocycles. The molecule has 0 unspecified atom stereocenters. The zero-order chi connectivity index (χ0) is 25.2. The van der Waals surface area contributed by atoms with E-state index in [2.05, 4.69) is 0 Å². The highest BCUT2D eigenvalue weighted by molar-refractivity contribution is 6.02. The van der Waals surface area contributed by atoms with Crippen molar-refractivity contribution in [2.24, 2.45) is 0 Å². The lowest BCUT2D eigenvalue weighted by Gasteiger charge is -2.29. The lowest BCUT2D eigenvalue weighted by Crippen LogP contribution is -2.38. The van der Waals surface area contributed by atoms with Crippen LogP contribution in [0.3, 0.4) is 0 Å². The Bertz CT molecular complexity index is 1320. The first-order valence-corrected chi connectivity index (χ1v) is 12.1. The van der Waals surface area contributed by atoms with Crippen LogP contribution in [0.15, 0.2) is 52.9 Å².